The molecule has 0 saturated carbocycles. The van der Waals surface area contributed by atoms with E-state index in [1.165, 1.54) is 17.1 Å². The molecule has 0 aliphatic heterocycles. The van der Waals surface area contributed by atoms with Crippen molar-refractivity contribution in [1.82, 2.24) is 5.32 Å². The average Bonchev–Trinajstić information content (AvgIpc) is 2.76. The van der Waals surface area contributed by atoms with Gasteiger partial charge in [-0.15, -0.1) is 11.3 Å². The van der Waals surface area contributed by atoms with Crippen molar-refractivity contribution in [1.29, 1.82) is 0 Å². The second-order valence-corrected chi connectivity index (χ2v) is 5.49. The van der Waals surface area contributed by atoms with Crippen LogP contribution >= 0.6 is 23.1 Å². The fraction of sp³-hybridized carbons (Fsp3) is 0.636. The lowest BCUT2D eigenvalue weighted by Crippen LogP contribution is -2.31. The summed E-state index contributed by atoms with van der Waals surface area (Å²) in [7, 11) is 0. The number of rotatable bonds is 8. The van der Waals surface area contributed by atoms with Crippen LogP contribution in [0.1, 0.15) is 17.7 Å². The summed E-state index contributed by atoms with van der Waals surface area (Å²) in [5.74, 6) is 1.18. The van der Waals surface area contributed by atoms with Gasteiger partial charge < -0.3 is 10.4 Å². The highest BCUT2D eigenvalue weighted by Crippen LogP contribution is 2.09. The van der Waals surface area contributed by atoms with Crippen LogP contribution in [0.3, 0.4) is 0 Å². The minimum absolute atomic E-state index is 0.236. The van der Waals surface area contributed by atoms with Crippen LogP contribution in [-0.4, -0.2) is 29.8 Å². The Balaban J connectivity index is 2.16. The van der Waals surface area contributed by atoms with E-state index in [0.29, 0.717) is 0 Å². The van der Waals surface area contributed by atoms with Crippen LogP contribution in [0.4, 0.5) is 0 Å². The summed E-state index contributed by atoms with van der Waals surface area (Å²) < 4.78 is 0. The number of thioether (sulfide) groups is 1. The van der Waals surface area contributed by atoms with Crippen molar-refractivity contribution < 1.29 is 5.11 Å². The summed E-state index contributed by atoms with van der Waals surface area (Å²) in [4.78, 5) is 1.33. The van der Waals surface area contributed by atoms with Gasteiger partial charge in [-0.05, 0) is 36.3 Å². The van der Waals surface area contributed by atoms with E-state index in [2.05, 4.69) is 29.1 Å². The Morgan fingerprint density at radius 2 is 2.47 bits per heavy atom. The zero-order valence-electron chi connectivity index (χ0n) is 9.11. The van der Waals surface area contributed by atoms with Crippen LogP contribution in [0, 0.1) is 0 Å². The van der Waals surface area contributed by atoms with Crippen molar-refractivity contribution in [3.8, 4) is 0 Å². The predicted octanol–water partition coefficient (Wildman–Crippen LogP) is 2.34. The first kappa shape index (κ1) is 13.0. The Hall–Kier alpha value is -0.0300. The third-order valence-electron chi connectivity index (χ3n) is 2.27. The van der Waals surface area contributed by atoms with Gasteiger partial charge >= 0.3 is 0 Å². The van der Waals surface area contributed by atoms with E-state index in [1.54, 1.807) is 11.3 Å². The second-order valence-electron chi connectivity index (χ2n) is 3.47. The van der Waals surface area contributed by atoms with Crippen molar-refractivity contribution >= 4 is 23.1 Å². The maximum absolute atomic E-state index is 9.19. The van der Waals surface area contributed by atoms with Crippen LogP contribution in [0.25, 0.3) is 0 Å². The molecule has 0 amide bonds. The maximum atomic E-state index is 9.19. The minimum Gasteiger partial charge on any atom is -0.395 e. The zero-order chi connectivity index (χ0) is 10.9. The number of aliphatic hydroxyl groups excluding tert-OH is 1. The van der Waals surface area contributed by atoms with E-state index in [9.17, 15) is 5.11 Å². The van der Waals surface area contributed by atoms with Crippen molar-refractivity contribution in [2.75, 3.05) is 18.6 Å². The molecule has 1 rings (SSSR count). The molecule has 0 aliphatic rings. The molecule has 1 unspecified atom stereocenters. The standard InChI is InChI=1S/C11H19NOS2/c1-14-6-2-4-10(9-13)12-8-11-5-3-7-15-11/h3,5,7,10,12-13H,2,4,6,8-9H2,1H3. The Bertz CT molecular complexity index is 239. The fourth-order valence-electron chi connectivity index (χ4n) is 1.39. The normalized spacial score (nSPS) is 12.9. The van der Waals surface area contributed by atoms with Crippen molar-refractivity contribution in [2.24, 2.45) is 0 Å². The van der Waals surface area contributed by atoms with E-state index in [1.807, 2.05) is 11.8 Å². The molecular formula is C11H19NOS2. The molecule has 0 bridgehead atoms. The number of thiophene rings is 1. The predicted molar refractivity (Wildman–Crippen MR) is 69.6 cm³/mol. The first-order valence-corrected chi connectivity index (χ1v) is 7.49. The molecule has 4 heteroatoms. The summed E-state index contributed by atoms with van der Waals surface area (Å²) in [6.07, 6.45) is 4.35. The molecule has 0 aromatic carbocycles. The molecule has 1 aromatic heterocycles. The monoisotopic (exact) mass is 245 g/mol. The minimum atomic E-state index is 0.236. The molecule has 0 aliphatic carbocycles. The Morgan fingerprint density at radius 3 is 3.07 bits per heavy atom. The maximum Gasteiger partial charge on any atom is 0.0584 e. The molecule has 1 atom stereocenters. The summed E-state index contributed by atoms with van der Waals surface area (Å²) in [5, 5.41) is 14.7. The topological polar surface area (TPSA) is 32.3 Å². The lowest BCUT2D eigenvalue weighted by atomic mass is 10.2. The average molecular weight is 245 g/mol. The van der Waals surface area contributed by atoms with Crippen LogP contribution in [0.2, 0.25) is 0 Å². The van der Waals surface area contributed by atoms with Crippen molar-refractivity contribution in [3.63, 3.8) is 0 Å². The van der Waals surface area contributed by atoms with Crippen molar-refractivity contribution in [2.45, 2.75) is 25.4 Å². The Kier molecular flexibility index (Phi) is 7.09. The molecule has 0 saturated heterocycles. The van der Waals surface area contributed by atoms with Crippen LogP contribution in [0.5, 0.6) is 0 Å². The third kappa shape index (κ3) is 5.56. The van der Waals surface area contributed by atoms with Crippen LogP contribution in [0.15, 0.2) is 17.5 Å². The summed E-state index contributed by atoms with van der Waals surface area (Å²) in [6.45, 7) is 1.11. The highest BCUT2D eigenvalue weighted by Gasteiger charge is 2.06. The summed E-state index contributed by atoms with van der Waals surface area (Å²) >= 11 is 3.62. The molecule has 2 nitrogen and oxygen atoms in total. The Morgan fingerprint density at radius 1 is 1.60 bits per heavy atom. The van der Waals surface area contributed by atoms with Gasteiger partial charge in [0, 0.05) is 17.5 Å². The second kappa shape index (κ2) is 8.16. The number of nitrogens with one attached hydrogen (secondary N) is 1. The van der Waals surface area contributed by atoms with Gasteiger partial charge in [-0.2, -0.15) is 11.8 Å². The van der Waals surface area contributed by atoms with Crippen LogP contribution < -0.4 is 5.32 Å². The molecule has 0 radical (unpaired) electrons. The van der Waals surface area contributed by atoms with Gasteiger partial charge in [0.2, 0.25) is 0 Å². The molecule has 1 heterocycles. The lowest BCUT2D eigenvalue weighted by Gasteiger charge is -2.15. The summed E-state index contributed by atoms with van der Waals surface area (Å²) in [6, 6.07) is 4.43. The SMILES string of the molecule is CSCCCC(CO)NCc1cccs1. The van der Waals surface area contributed by atoms with E-state index in [4.69, 9.17) is 0 Å². The highest BCUT2D eigenvalue weighted by molar-refractivity contribution is 7.98. The first-order chi connectivity index (χ1) is 7.36. The Labute approximate surface area is 100 Å². The van der Waals surface area contributed by atoms with E-state index >= 15 is 0 Å². The van der Waals surface area contributed by atoms with Gasteiger partial charge in [-0.3, -0.25) is 0 Å². The quantitative estimate of drug-likeness (QED) is 0.690. The van der Waals surface area contributed by atoms with Crippen molar-refractivity contribution in [3.05, 3.63) is 22.4 Å². The van der Waals surface area contributed by atoms with Crippen LogP contribution in [-0.2, 0) is 6.54 Å². The van der Waals surface area contributed by atoms with E-state index in [0.717, 1.165) is 13.0 Å². The van der Waals surface area contributed by atoms with Gasteiger partial charge in [-0.25, -0.2) is 0 Å². The molecule has 0 fully saturated rings. The zero-order valence-corrected chi connectivity index (χ0v) is 10.7. The number of aliphatic hydroxyl groups is 1. The highest BCUT2D eigenvalue weighted by atomic mass is 32.2. The molecular weight excluding hydrogens is 226 g/mol. The van der Waals surface area contributed by atoms with Gasteiger partial charge in [0.25, 0.3) is 0 Å². The number of hydrogen-bond acceptors (Lipinski definition) is 4. The van der Waals surface area contributed by atoms with E-state index < -0.39 is 0 Å². The molecule has 2 N–H and O–H groups in total. The first-order valence-electron chi connectivity index (χ1n) is 5.22. The molecule has 15 heavy (non-hydrogen) atoms. The molecule has 1 aromatic rings. The summed E-state index contributed by atoms with van der Waals surface area (Å²) in [5.41, 5.74) is 0. The molecule has 0 spiro atoms. The van der Waals surface area contributed by atoms with Gasteiger partial charge in [0.1, 0.15) is 0 Å². The van der Waals surface area contributed by atoms with E-state index in [-0.39, 0.29) is 12.6 Å². The number of hydrogen-bond donors (Lipinski definition) is 2. The largest absolute Gasteiger partial charge is 0.395 e. The fourth-order valence-corrected chi connectivity index (χ4v) is 2.50. The van der Waals surface area contributed by atoms with Gasteiger partial charge in [-0.1, -0.05) is 6.07 Å². The van der Waals surface area contributed by atoms with Gasteiger partial charge in [0.15, 0.2) is 0 Å². The lowest BCUT2D eigenvalue weighted by molar-refractivity contribution is 0.234. The smallest absolute Gasteiger partial charge is 0.0584 e. The third-order valence-corrected chi connectivity index (χ3v) is 3.84. The van der Waals surface area contributed by atoms with Gasteiger partial charge in [0.05, 0.1) is 6.61 Å². The molecule has 86 valence electrons.